The Morgan fingerprint density at radius 1 is 1.19 bits per heavy atom. The van der Waals surface area contributed by atoms with Gasteiger partial charge in [-0.25, -0.2) is 10.3 Å². The van der Waals surface area contributed by atoms with E-state index in [4.69, 9.17) is 5.21 Å². The minimum Gasteiger partial charge on any atom is -0.350 e. The predicted molar refractivity (Wildman–Crippen MR) is 82.9 cm³/mol. The van der Waals surface area contributed by atoms with Crippen molar-refractivity contribution in [1.82, 2.24) is 5.48 Å². The zero-order valence-electron chi connectivity index (χ0n) is 11.8. The molecular weight excluding hydrogens is 311 g/mol. The number of hydrogen-bond acceptors (Lipinski definition) is 3. The van der Waals surface area contributed by atoms with E-state index in [0.717, 1.165) is 6.42 Å². The number of urea groups is 1. The number of thiophene rings is 1. The fourth-order valence-corrected chi connectivity index (χ4v) is 3.10. The van der Waals surface area contributed by atoms with Crippen LogP contribution in [0.5, 0.6) is 0 Å². The van der Waals surface area contributed by atoms with E-state index in [1.54, 1.807) is 0 Å². The average molecular weight is 326 g/mol. The number of carbonyl (C=O) groups excluding carboxylic acids is 1. The Labute approximate surface area is 169 Å². The van der Waals surface area contributed by atoms with Crippen LogP contribution >= 0.6 is 11.3 Å². The van der Waals surface area contributed by atoms with E-state index in [9.17, 15) is 4.79 Å². The molecule has 104 valence electrons. The number of nitrogens with two attached hydrogens (primary N) is 1. The average Bonchev–Trinajstić information content (AvgIpc) is 2.85. The third-order valence-corrected chi connectivity index (χ3v) is 3.98. The standard InChI is InChI=1S/C14H11S.CH4N2O2.K/c1-2-10-7-8-12-11-5-3-4-6-13(11)15-14(12)9-10;2-1(4)3-5;/h3-9H,1-2H2;5H,(H3,2,3,4);/q-1;;+1. The summed E-state index contributed by atoms with van der Waals surface area (Å²) in [5.41, 5.74) is 6.77. The largest absolute Gasteiger partial charge is 1.00 e. The van der Waals surface area contributed by atoms with Crippen molar-refractivity contribution in [3.8, 4) is 0 Å². The van der Waals surface area contributed by atoms with Gasteiger partial charge < -0.3 is 12.7 Å². The monoisotopic (exact) mass is 326 g/mol. The van der Waals surface area contributed by atoms with E-state index >= 15 is 0 Å². The molecule has 0 aliphatic rings. The van der Waals surface area contributed by atoms with E-state index in [2.05, 4.69) is 55.1 Å². The minimum atomic E-state index is -0.940. The quantitative estimate of drug-likeness (QED) is 0.263. The summed E-state index contributed by atoms with van der Waals surface area (Å²) in [5.74, 6) is 0. The van der Waals surface area contributed by atoms with Gasteiger partial charge in [-0.2, -0.15) is 6.42 Å². The van der Waals surface area contributed by atoms with Crippen molar-refractivity contribution in [2.24, 2.45) is 5.73 Å². The van der Waals surface area contributed by atoms with E-state index < -0.39 is 6.03 Å². The second-order valence-electron chi connectivity index (χ2n) is 4.15. The van der Waals surface area contributed by atoms with Gasteiger partial charge in [-0.3, -0.25) is 5.21 Å². The molecule has 4 N–H and O–H groups in total. The van der Waals surface area contributed by atoms with E-state index in [0.29, 0.717) is 0 Å². The van der Waals surface area contributed by atoms with Crippen LogP contribution in [0.2, 0.25) is 0 Å². The predicted octanol–water partition coefficient (Wildman–Crippen LogP) is 0.479. The molecule has 21 heavy (non-hydrogen) atoms. The topological polar surface area (TPSA) is 75.4 Å². The van der Waals surface area contributed by atoms with E-state index in [-0.39, 0.29) is 51.4 Å². The first-order valence-corrected chi connectivity index (χ1v) is 6.86. The molecule has 0 spiro atoms. The summed E-state index contributed by atoms with van der Waals surface area (Å²) in [6.07, 6.45) is 0.865. The Morgan fingerprint density at radius 3 is 2.43 bits per heavy atom. The molecule has 0 bridgehead atoms. The smallest absolute Gasteiger partial charge is 0.350 e. The summed E-state index contributed by atoms with van der Waals surface area (Å²) in [5, 5.41) is 10.2. The number of benzene rings is 2. The van der Waals surface area contributed by atoms with Gasteiger partial charge in [-0.1, -0.05) is 35.9 Å². The summed E-state index contributed by atoms with van der Waals surface area (Å²) >= 11 is 1.86. The molecule has 3 aromatic rings. The molecule has 0 unspecified atom stereocenters. The zero-order chi connectivity index (χ0) is 14.5. The van der Waals surface area contributed by atoms with Crippen molar-refractivity contribution >= 4 is 37.5 Å². The van der Waals surface area contributed by atoms with Crippen LogP contribution < -0.4 is 62.6 Å². The number of fused-ring (bicyclic) bond motifs is 3. The summed E-state index contributed by atoms with van der Waals surface area (Å²) in [6, 6.07) is 14.3. The second-order valence-corrected chi connectivity index (χ2v) is 5.24. The summed E-state index contributed by atoms with van der Waals surface area (Å²) in [7, 11) is 0. The van der Waals surface area contributed by atoms with Crippen molar-refractivity contribution in [1.29, 1.82) is 0 Å². The molecule has 0 saturated heterocycles. The van der Waals surface area contributed by atoms with Crippen LogP contribution in [0.4, 0.5) is 4.79 Å². The number of carbonyl (C=O) groups is 1. The number of hydroxylamine groups is 1. The van der Waals surface area contributed by atoms with Gasteiger partial charge in [-0.15, -0.1) is 11.3 Å². The van der Waals surface area contributed by atoms with Crippen molar-refractivity contribution < 1.29 is 61.4 Å². The number of hydrogen-bond donors (Lipinski definition) is 3. The normalized spacial score (nSPS) is 9.62. The third kappa shape index (κ3) is 4.75. The molecule has 0 fully saturated rings. The van der Waals surface area contributed by atoms with Gasteiger partial charge in [0, 0.05) is 20.2 Å². The van der Waals surface area contributed by atoms with Crippen LogP contribution in [-0.2, 0) is 6.42 Å². The Morgan fingerprint density at radius 2 is 1.81 bits per heavy atom. The second kappa shape index (κ2) is 8.85. The first-order valence-electron chi connectivity index (χ1n) is 6.04. The first kappa shape index (κ1) is 18.6. The van der Waals surface area contributed by atoms with Crippen molar-refractivity contribution in [2.45, 2.75) is 6.42 Å². The van der Waals surface area contributed by atoms with Gasteiger partial charge in [0.25, 0.3) is 0 Å². The fourth-order valence-electron chi connectivity index (χ4n) is 1.93. The van der Waals surface area contributed by atoms with Gasteiger partial charge in [0.2, 0.25) is 0 Å². The number of amides is 2. The molecule has 6 heteroatoms. The van der Waals surface area contributed by atoms with E-state index in [1.165, 1.54) is 31.2 Å². The van der Waals surface area contributed by atoms with Gasteiger partial charge in [0.15, 0.2) is 0 Å². The summed E-state index contributed by atoms with van der Waals surface area (Å²) < 4.78 is 2.74. The van der Waals surface area contributed by atoms with Crippen molar-refractivity contribution in [2.75, 3.05) is 0 Å². The molecule has 4 nitrogen and oxygen atoms in total. The Balaban J connectivity index is 0.000000324. The van der Waals surface area contributed by atoms with Crippen LogP contribution in [0.25, 0.3) is 20.2 Å². The SMILES string of the molecule is NC(=O)NO.[CH2-]Cc1ccc2c(c1)sc1ccccc12.[K+]. The summed E-state index contributed by atoms with van der Waals surface area (Å²) in [4.78, 5) is 9.23. The molecule has 0 aliphatic carbocycles. The zero-order valence-corrected chi connectivity index (χ0v) is 15.7. The van der Waals surface area contributed by atoms with Gasteiger partial charge >= 0.3 is 57.4 Å². The van der Waals surface area contributed by atoms with Crippen LogP contribution in [0.15, 0.2) is 42.5 Å². The van der Waals surface area contributed by atoms with Gasteiger partial charge in [0.05, 0.1) is 0 Å². The summed E-state index contributed by atoms with van der Waals surface area (Å²) in [6.45, 7) is 3.92. The van der Waals surface area contributed by atoms with Gasteiger partial charge in [0.1, 0.15) is 0 Å². The molecule has 0 atom stereocenters. The number of nitrogens with one attached hydrogen (secondary N) is 1. The Hall–Kier alpha value is -0.474. The maximum absolute atomic E-state index is 9.23. The maximum atomic E-state index is 9.23. The van der Waals surface area contributed by atoms with Crippen LogP contribution in [0.3, 0.4) is 0 Å². The number of primary amides is 1. The van der Waals surface area contributed by atoms with Crippen LogP contribution in [0, 0.1) is 6.92 Å². The molecule has 0 aliphatic heterocycles. The number of rotatable bonds is 1. The fraction of sp³-hybridized carbons (Fsp3) is 0.0667. The van der Waals surface area contributed by atoms with E-state index in [1.807, 2.05) is 11.3 Å². The third-order valence-electron chi connectivity index (χ3n) is 2.84. The van der Waals surface area contributed by atoms with Gasteiger partial charge in [-0.05, 0) is 12.1 Å². The van der Waals surface area contributed by atoms with Crippen molar-refractivity contribution in [3.05, 3.63) is 55.0 Å². The maximum Gasteiger partial charge on any atom is 1.00 e. The minimum absolute atomic E-state index is 0. The molecule has 3 rings (SSSR count). The Bertz CT molecular complexity index is 743. The van der Waals surface area contributed by atoms with Crippen LogP contribution in [0.1, 0.15) is 5.56 Å². The van der Waals surface area contributed by atoms with Crippen LogP contribution in [-0.4, -0.2) is 11.2 Å². The molecule has 0 radical (unpaired) electrons. The molecule has 1 heterocycles. The molecule has 0 saturated carbocycles. The molecule has 1 aromatic heterocycles. The van der Waals surface area contributed by atoms with Crippen molar-refractivity contribution in [3.63, 3.8) is 0 Å². The first-order chi connectivity index (χ1) is 9.65. The molecule has 2 aromatic carbocycles. The molecule has 2 amide bonds. The Kier molecular flexibility index (Phi) is 7.82. The molecular formula is C15H15KN2O2S.